The molecule has 1 aromatic carbocycles. The Morgan fingerprint density at radius 1 is 1.32 bits per heavy atom. The number of ether oxygens (including phenoxy) is 3. The molecule has 5 heteroatoms. The Bertz CT molecular complexity index is 653. The first kappa shape index (κ1) is 17.8. The molecule has 4 atom stereocenters. The molecule has 5 nitrogen and oxygen atoms in total. The molecule has 0 amide bonds. The van der Waals surface area contributed by atoms with E-state index < -0.39 is 0 Å². The third-order valence-electron chi connectivity index (χ3n) is 5.40. The number of rotatable bonds is 6. The van der Waals surface area contributed by atoms with Crippen LogP contribution in [0, 0.1) is 5.92 Å². The summed E-state index contributed by atoms with van der Waals surface area (Å²) >= 11 is 0. The molecule has 3 rings (SSSR count). The number of benzene rings is 1. The van der Waals surface area contributed by atoms with Gasteiger partial charge >= 0.3 is 11.9 Å². The van der Waals surface area contributed by atoms with Gasteiger partial charge in [-0.25, -0.2) is 0 Å². The Morgan fingerprint density at radius 3 is 2.80 bits per heavy atom. The molecule has 1 aliphatic carbocycles. The Kier molecular flexibility index (Phi) is 5.30. The second-order valence-electron chi connectivity index (χ2n) is 6.90. The molecule has 25 heavy (non-hydrogen) atoms. The smallest absolute Gasteiger partial charge is 0.305 e. The number of esters is 2. The van der Waals surface area contributed by atoms with Gasteiger partial charge in [0.1, 0.15) is 18.0 Å². The van der Waals surface area contributed by atoms with Gasteiger partial charge in [-0.1, -0.05) is 25.1 Å². The van der Waals surface area contributed by atoms with Crippen LogP contribution in [0.25, 0.3) is 0 Å². The molecule has 0 saturated heterocycles. The third kappa shape index (κ3) is 3.51. The summed E-state index contributed by atoms with van der Waals surface area (Å²) in [6.45, 7) is 3.61. The molecule has 4 unspecified atom stereocenters. The van der Waals surface area contributed by atoms with Crippen molar-refractivity contribution >= 4 is 11.9 Å². The average molecular weight is 346 g/mol. The monoisotopic (exact) mass is 346 g/mol. The van der Waals surface area contributed by atoms with Crippen LogP contribution >= 0.6 is 0 Å². The summed E-state index contributed by atoms with van der Waals surface area (Å²) in [4.78, 5) is 22.7. The lowest BCUT2D eigenvalue weighted by atomic mass is 9.85. The molecule has 0 radical (unpaired) electrons. The summed E-state index contributed by atoms with van der Waals surface area (Å²) in [6, 6.07) is 6.26. The fourth-order valence-corrected chi connectivity index (χ4v) is 4.36. The van der Waals surface area contributed by atoms with Crippen molar-refractivity contribution in [3.8, 4) is 5.75 Å². The predicted molar refractivity (Wildman–Crippen MR) is 92.5 cm³/mol. The molecule has 1 aromatic rings. The van der Waals surface area contributed by atoms with E-state index in [-0.39, 0.29) is 30.1 Å². The van der Waals surface area contributed by atoms with E-state index in [1.807, 2.05) is 0 Å². The molecule has 0 aromatic heterocycles. The number of methoxy groups -OCH3 is 1. The Labute approximate surface area is 148 Å². The molecule has 0 spiro atoms. The van der Waals surface area contributed by atoms with E-state index in [2.05, 4.69) is 25.1 Å². The Hall–Kier alpha value is -2.04. The van der Waals surface area contributed by atoms with E-state index in [1.54, 1.807) is 0 Å². The second-order valence-corrected chi connectivity index (χ2v) is 6.90. The zero-order valence-electron chi connectivity index (χ0n) is 15.1. The van der Waals surface area contributed by atoms with E-state index in [9.17, 15) is 9.59 Å². The highest BCUT2D eigenvalue weighted by Crippen LogP contribution is 2.53. The molecule has 1 fully saturated rings. The Morgan fingerprint density at radius 2 is 2.12 bits per heavy atom. The number of para-hydroxylation sites is 1. The molecule has 0 bridgehead atoms. The van der Waals surface area contributed by atoms with Crippen molar-refractivity contribution in [3.63, 3.8) is 0 Å². The van der Waals surface area contributed by atoms with Gasteiger partial charge in [0.2, 0.25) is 0 Å². The predicted octanol–water partition coefficient (Wildman–Crippen LogP) is 3.39. The maximum Gasteiger partial charge on any atom is 0.305 e. The van der Waals surface area contributed by atoms with Gasteiger partial charge in [-0.3, -0.25) is 9.59 Å². The van der Waals surface area contributed by atoms with E-state index in [0.29, 0.717) is 12.3 Å². The van der Waals surface area contributed by atoms with E-state index >= 15 is 0 Å². The highest BCUT2D eigenvalue weighted by Gasteiger charge is 2.50. The lowest BCUT2D eigenvalue weighted by Gasteiger charge is -2.22. The third-order valence-corrected chi connectivity index (χ3v) is 5.40. The van der Waals surface area contributed by atoms with E-state index in [4.69, 9.17) is 14.2 Å². The van der Waals surface area contributed by atoms with Crippen molar-refractivity contribution in [2.75, 3.05) is 7.11 Å². The van der Waals surface area contributed by atoms with Crippen LogP contribution in [-0.2, 0) is 25.5 Å². The number of hydrogen-bond acceptors (Lipinski definition) is 5. The minimum absolute atomic E-state index is 0.0615. The maximum absolute atomic E-state index is 11.4. The number of carbonyl (C=O) groups excluding carboxylic acids is 2. The van der Waals surface area contributed by atoms with Crippen molar-refractivity contribution in [2.24, 2.45) is 5.92 Å². The van der Waals surface area contributed by atoms with Gasteiger partial charge in [-0.15, -0.1) is 0 Å². The minimum atomic E-state index is -0.222. The van der Waals surface area contributed by atoms with Gasteiger partial charge in [0.25, 0.3) is 0 Å². The standard InChI is InChI=1S/C20H26O5/c1-4-14-16(24-12(2)21)11-17-19(14)15-9-5-7-13(20(15)25-17)8-6-10-18(22)23-3/h5,7,9,14,16-17,19H,4,6,8,10-11H2,1-3H3. The van der Waals surface area contributed by atoms with Gasteiger partial charge < -0.3 is 14.2 Å². The van der Waals surface area contributed by atoms with Crippen molar-refractivity contribution in [3.05, 3.63) is 29.3 Å². The molecular formula is C20H26O5. The molecule has 1 saturated carbocycles. The highest BCUT2D eigenvalue weighted by molar-refractivity contribution is 5.69. The van der Waals surface area contributed by atoms with Crippen LogP contribution in [0.2, 0.25) is 0 Å². The van der Waals surface area contributed by atoms with Crippen LogP contribution in [0.1, 0.15) is 56.6 Å². The maximum atomic E-state index is 11.4. The lowest BCUT2D eigenvalue weighted by Crippen LogP contribution is -2.23. The molecule has 1 heterocycles. The van der Waals surface area contributed by atoms with Gasteiger partial charge in [0.15, 0.2) is 0 Å². The van der Waals surface area contributed by atoms with E-state index in [1.165, 1.54) is 19.6 Å². The van der Waals surface area contributed by atoms with Crippen LogP contribution in [0.5, 0.6) is 5.75 Å². The van der Waals surface area contributed by atoms with Crippen molar-refractivity contribution in [1.82, 2.24) is 0 Å². The first-order chi connectivity index (χ1) is 12.0. The minimum Gasteiger partial charge on any atom is -0.489 e. The normalized spacial score (nSPS) is 26.5. The molecule has 136 valence electrons. The van der Waals surface area contributed by atoms with Gasteiger partial charge in [0.05, 0.1) is 7.11 Å². The fourth-order valence-electron chi connectivity index (χ4n) is 4.36. The zero-order chi connectivity index (χ0) is 18.0. The molecular weight excluding hydrogens is 320 g/mol. The van der Waals surface area contributed by atoms with Crippen LogP contribution < -0.4 is 4.74 Å². The van der Waals surface area contributed by atoms with Crippen molar-refractivity contribution in [2.45, 2.75) is 64.1 Å². The average Bonchev–Trinajstić information content (AvgIpc) is 3.09. The summed E-state index contributed by atoms with van der Waals surface area (Å²) < 4.78 is 16.5. The van der Waals surface area contributed by atoms with Crippen LogP contribution in [0.4, 0.5) is 0 Å². The van der Waals surface area contributed by atoms with Crippen LogP contribution in [0.15, 0.2) is 18.2 Å². The topological polar surface area (TPSA) is 61.8 Å². The lowest BCUT2D eigenvalue weighted by molar-refractivity contribution is -0.148. The number of carbonyl (C=O) groups is 2. The largest absolute Gasteiger partial charge is 0.489 e. The summed E-state index contributed by atoms with van der Waals surface area (Å²) in [7, 11) is 1.41. The first-order valence-electron chi connectivity index (χ1n) is 9.07. The summed E-state index contributed by atoms with van der Waals surface area (Å²) in [5.41, 5.74) is 2.37. The van der Waals surface area contributed by atoms with Gasteiger partial charge in [-0.05, 0) is 24.8 Å². The summed E-state index contributed by atoms with van der Waals surface area (Å²) in [6.07, 6.45) is 3.67. The first-order valence-corrected chi connectivity index (χ1v) is 9.07. The quantitative estimate of drug-likeness (QED) is 0.739. The summed E-state index contributed by atoms with van der Waals surface area (Å²) in [5, 5.41) is 0. The SMILES string of the molecule is CCC1C(OC(C)=O)CC2Oc3c(CCCC(=O)OC)cccc3C21. The molecule has 2 aliphatic rings. The van der Waals surface area contributed by atoms with Crippen LogP contribution in [-0.4, -0.2) is 31.3 Å². The number of fused-ring (bicyclic) bond motifs is 3. The van der Waals surface area contributed by atoms with E-state index in [0.717, 1.165) is 37.0 Å². The highest BCUT2D eigenvalue weighted by atomic mass is 16.5. The zero-order valence-corrected chi connectivity index (χ0v) is 15.1. The number of hydrogen-bond donors (Lipinski definition) is 0. The second kappa shape index (κ2) is 7.46. The van der Waals surface area contributed by atoms with Crippen LogP contribution in [0.3, 0.4) is 0 Å². The fraction of sp³-hybridized carbons (Fsp3) is 0.600. The molecule has 0 N–H and O–H groups in total. The summed E-state index contributed by atoms with van der Waals surface area (Å²) in [5.74, 6) is 1.15. The van der Waals surface area contributed by atoms with Gasteiger partial charge in [0, 0.05) is 37.2 Å². The number of aryl methyl sites for hydroxylation is 1. The Balaban J connectivity index is 1.76. The van der Waals surface area contributed by atoms with Gasteiger partial charge in [-0.2, -0.15) is 0 Å². The van der Waals surface area contributed by atoms with Crippen molar-refractivity contribution < 1.29 is 23.8 Å². The van der Waals surface area contributed by atoms with Crippen molar-refractivity contribution in [1.29, 1.82) is 0 Å². The molecule has 1 aliphatic heterocycles.